The van der Waals surface area contributed by atoms with E-state index in [4.69, 9.17) is 16.3 Å². The average Bonchev–Trinajstić information content (AvgIpc) is 3.05. The fraction of sp³-hybridized carbons (Fsp3) is 0.174. The van der Waals surface area contributed by atoms with Gasteiger partial charge in [-0.05, 0) is 71.8 Å². The molecule has 6 nitrogen and oxygen atoms in total. The zero-order chi connectivity index (χ0) is 23.0. The van der Waals surface area contributed by atoms with Crippen LogP contribution in [0, 0.1) is 3.57 Å². The molecule has 1 aliphatic heterocycles. The number of hydrogen-bond donors (Lipinski definition) is 1. The zero-order valence-corrected chi connectivity index (χ0v) is 20.9. The van der Waals surface area contributed by atoms with Crippen molar-refractivity contribution < 1.29 is 14.6 Å². The van der Waals surface area contributed by atoms with E-state index < -0.39 is 12.0 Å². The molecule has 164 valence electrons. The van der Waals surface area contributed by atoms with Crippen LogP contribution in [0.3, 0.4) is 0 Å². The molecule has 0 spiro atoms. The number of thiazole rings is 1. The third-order valence-corrected chi connectivity index (χ3v) is 7.18. The minimum Gasteiger partial charge on any atom is -0.507 e. The number of nitrogens with zero attached hydrogens (tertiary/aromatic N) is 2. The van der Waals surface area contributed by atoms with Crippen LogP contribution in [0.4, 0.5) is 0 Å². The van der Waals surface area contributed by atoms with E-state index in [1.165, 1.54) is 15.9 Å². The molecule has 0 unspecified atom stereocenters. The number of allylic oxidation sites excluding steroid dienone is 1. The van der Waals surface area contributed by atoms with Crippen LogP contribution >= 0.6 is 45.5 Å². The highest BCUT2D eigenvalue weighted by atomic mass is 127. The predicted molar refractivity (Wildman–Crippen MR) is 133 cm³/mol. The van der Waals surface area contributed by atoms with E-state index in [9.17, 15) is 14.7 Å². The molecule has 2 aromatic carbocycles. The van der Waals surface area contributed by atoms with Gasteiger partial charge in [0.05, 0.1) is 26.0 Å². The molecule has 4 rings (SSSR count). The molecule has 0 saturated heterocycles. The minimum atomic E-state index is -0.749. The van der Waals surface area contributed by atoms with Gasteiger partial charge in [0, 0.05) is 5.02 Å². The molecule has 0 aliphatic carbocycles. The van der Waals surface area contributed by atoms with Crippen LogP contribution < -0.4 is 14.9 Å². The number of benzene rings is 2. The summed E-state index contributed by atoms with van der Waals surface area (Å²) < 4.78 is 7.92. The van der Waals surface area contributed by atoms with Crippen LogP contribution in [0.25, 0.3) is 6.08 Å². The number of hydrogen-bond acceptors (Lipinski definition) is 6. The molecule has 32 heavy (non-hydrogen) atoms. The third kappa shape index (κ3) is 4.14. The summed E-state index contributed by atoms with van der Waals surface area (Å²) in [6.07, 6.45) is 1.75. The van der Waals surface area contributed by atoms with Crippen LogP contribution in [0.5, 0.6) is 5.75 Å². The van der Waals surface area contributed by atoms with E-state index in [-0.39, 0.29) is 23.5 Å². The van der Waals surface area contributed by atoms with Crippen molar-refractivity contribution in [1.82, 2.24) is 4.57 Å². The maximum absolute atomic E-state index is 13.5. The number of phenols is 1. The van der Waals surface area contributed by atoms with Crippen LogP contribution in [-0.4, -0.2) is 22.2 Å². The molecule has 1 aliphatic rings. The van der Waals surface area contributed by atoms with Gasteiger partial charge >= 0.3 is 5.97 Å². The summed E-state index contributed by atoms with van der Waals surface area (Å²) in [4.78, 5) is 31.4. The Labute approximate surface area is 206 Å². The Morgan fingerprint density at radius 3 is 2.78 bits per heavy atom. The Balaban J connectivity index is 1.98. The Kier molecular flexibility index (Phi) is 6.55. The second kappa shape index (κ2) is 9.21. The molecule has 3 aromatic rings. The molecule has 0 bridgehead atoms. The summed E-state index contributed by atoms with van der Waals surface area (Å²) in [5.74, 6) is -0.348. The van der Waals surface area contributed by atoms with Gasteiger partial charge in [0.25, 0.3) is 5.56 Å². The third-order valence-electron chi connectivity index (χ3n) is 4.99. The fourth-order valence-corrected chi connectivity index (χ4v) is 5.37. The molecule has 0 radical (unpaired) electrons. The molecule has 1 atom stereocenters. The monoisotopic (exact) mass is 580 g/mol. The second-order valence-corrected chi connectivity index (χ2v) is 9.61. The number of ether oxygens (including phenoxy) is 1. The first-order valence-corrected chi connectivity index (χ1v) is 12.0. The first kappa shape index (κ1) is 22.8. The van der Waals surface area contributed by atoms with Gasteiger partial charge in [-0.25, -0.2) is 9.79 Å². The normalized spacial score (nSPS) is 16.0. The number of rotatable bonds is 4. The minimum absolute atomic E-state index is 0.178. The van der Waals surface area contributed by atoms with Crippen LogP contribution in [0.15, 0.2) is 63.5 Å². The maximum Gasteiger partial charge on any atom is 0.338 e. The molecule has 1 aromatic heterocycles. The van der Waals surface area contributed by atoms with Crippen molar-refractivity contribution in [2.45, 2.75) is 19.9 Å². The standard InChI is InChI=1S/C23H18ClIN2O4S/c1-3-31-22(30)19-12(2)26-23-27(20(19)14-6-4-5-7-15(14)24)21(29)18(32-23)11-13-8-9-17(28)16(25)10-13/h4-11,20,28H,3H2,1-2H3/b18-11+/t20-/m0/s1. The summed E-state index contributed by atoms with van der Waals surface area (Å²) in [5, 5.41) is 10.2. The molecule has 0 fully saturated rings. The highest BCUT2D eigenvalue weighted by Gasteiger charge is 2.34. The summed E-state index contributed by atoms with van der Waals surface area (Å²) in [6, 6.07) is 11.5. The van der Waals surface area contributed by atoms with Gasteiger partial charge in [0.1, 0.15) is 11.8 Å². The van der Waals surface area contributed by atoms with Gasteiger partial charge in [0.15, 0.2) is 4.80 Å². The molecule has 0 amide bonds. The first-order valence-electron chi connectivity index (χ1n) is 9.74. The number of aromatic hydroxyl groups is 1. The van der Waals surface area contributed by atoms with Crippen molar-refractivity contribution in [2.75, 3.05) is 6.61 Å². The van der Waals surface area contributed by atoms with E-state index in [0.717, 1.165) is 5.56 Å². The Morgan fingerprint density at radius 2 is 2.09 bits per heavy atom. The molecule has 9 heteroatoms. The largest absolute Gasteiger partial charge is 0.507 e. The lowest BCUT2D eigenvalue weighted by molar-refractivity contribution is -0.139. The first-order chi connectivity index (χ1) is 15.3. The van der Waals surface area contributed by atoms with E-state index in [2.05, 4.69) is 4.99 Å². The number of aromatic nitrogens is 1. The van der Waals surface area contributed by atoms with Gasteiger partial charge in [-0.2, -0.15) is 0 Å². The van der Waals surface area contributed by atoms with Crippen molar-refractivity contribution in [3.05, 3.63) is 93.1 Å². The highest BCUT2D eigenvalue weighted by molar-refractivity contribution is 14.1. The SMILES string of the molecule is CCOC(=O)C1=C(C)N=c2s/c(=C/c3ccc(O)c(I)c3)c(=O)n2[C@H]1c1ccccc1Cl. The lowest BCUT2D eigenvalue weighted by Crippen LogP contribution is -2.40. The van der Waals surface area contributed by atoms with E-state index in [1.807, 2.05) is 28.7 Å². The zero-order valence-electron chi connectivity index (χ0n) is 17.1. The van der Waals surface area contributed by atoms with Crippen molar-refractivity contribution >= 4 is 57.6 Å². The lowest BCUT2D eigenvalue weighted by atomic mass is 9.96. The van der Waals surface area contributed by atoms with Crippen molar-refractivity contribution in [2.24, 2.45) is 4.99 Å². The fourth-order valence-electron chi connectivity index (χ4n) is 3.55. The van der Waals surface area contributed by atoms with Crippen LogP contribution in [-0.2, 0) is 9.53 Å². The van der Waals surface area contributed by atoms with Crippen LogP contribution in [0.1, 0.15) is 31.0 Å². The number of carbonyl (C=O) groups excluding carboxylic acids is 1. The molecule has 2 heterocycles. The quantitative estimate of drug-likeness (QED) is 0.377. The Hall–Kier alpha value is -2.43. The maximum atomic E-state index is 13.5. The predicted octanol–water partition coefficient (Wildman–Crippen LogP) is 3.76. The number of fused-ring (bicyclic) bond motifs is 1. The number of carbonyl (C=O) groups is 1. The van der Waals surface area contributed by atoms with Gasteiger partial charge < -0.3 is 9.84 Å². The molecule has 0 saturated carbocycles. The molecule has 1 N–H and O–H groups in total. The van der Waals surface area contributed by atoms with Crippen LogP contribution in [0.2, 0.25) is 5.02 Å². The number of esters is 1. The second-order valence-electron chi connectivity index (χ2n) is 7.03. The Bertz CT molecular complexity index is 1440. The molecular weight excluding hydrogens is 563 g/mol. The highest BCUT2D eigenvalue weighted by Crippen LogP contribution is 2.34. The van der Waals surface area contributed by atoms with Gasteiger partial charge in [-0.15, -0.1) is 0 Å². The van der Waals surface area contributed by atoms with Gasteiger partial charge in [-0.3, -0.25) is 9.36 Å². The van der Waals surface area contributed by atoms with Crippen molar-refractivity contribution in [3.63, 3.8) is 0 Å². The van der Waals surface area contributed by atoms with Crippen molar-refractivity contribution in [1.29, 1.82) is 0 Å². The summed E-state index contributed by atoms with van der Waals surface area (Å²) in [7, 11) is 0. The lowest BCUT2D eigenvalue weighted by Gasteiger charge is -2.25. The van der Waals surface area contributed by atoms with Crippen molar-refractivity contribution in [3.8, 4) is 5.75 Å². The average molecular weight is 581 g/mol. The smallest absolute Gasteiger partial charge is 0.338 e. The summed E-state index contributed by atoms with van der Waals surface area (Å²) in [5.41, 5.74) is 1.89. The van der Waals surface area contributed by atoms with Gasteiger partial charge in [-0.1, -0.05) is 47.2 Å². The number of phenolic OH excluding ortho intramolecular Hbond substituents is 1. The molecular formula is C23H18ClIN2O4S. The Morgan fingerprint density at radius 1 is 1.34 bits per heavy atom. The van der Waals surface area contributed by atoms with E-state index >= 15 is 0 Å². The summed E-state index contributed by atoms with van der Waals surface area (Å²) in [6.45, 7) is 3.66. The van der Waals surface area contributed by atoms with E-state index in [0.29, 0.717) is 29.2 Å². The van der Waals surface area contributed by atoms with Gasteiger partial charge in [0.2, 0.25) is 0 Å². The van der Waals surface area contributed by atoms with E-state index in [1.54, 1.807) is 56.3 Å². The number of halogens is 2. The summed E-state index contributed by atoms with van der Waals surface area (Å²) >= 11 is 9.76. The topological polar surface area (TPSA) is 80.9 Å².